The maximum Gasteiger partial charge on any atom is 0.248 e. The molecule has 0 saturated carbocycles. The summed E-state index contributed by atoms with van der Waals surface area (Å²) in [6.45, 7) is 2.89. The van der Waals surface area contributed by atoms with E-state index in [4.69, 9.17) is 17.3 Å². The Morgan fingerprint density at radius 1 is 1.41 bits per heavy atom. The smallest absolute Gasteiger partial charge is 0.248 e. The van der Waals surface area contributed by atoms with Gasteiger partial charge < -0.3 is 10.6 Å². The van der Waals surface area contributed by atoms with Gasteiger partial charge in [0.1, 0.15) is 6.04 Å². The molecule has 0 aromatic heterocycles. The second-order valence-corrected chi connectivity index (χ2v) is 4.81. The van der Waals surface area contributed by atoms with Crippen molar-refractivity contribution in [3.05, 3.63) is 28.8 Å². The molecule has 1 heterocycles. The molecule has 0 fully saturated rings. The van der Waals surface area contributed by atoms with E-state index in [2.05, 4.69) is 6.92 Å². The zero-order valence-electron chi connectivity index (χ0n) is 9.95. The lowest BCUT2D eigenvalue weighted by Gasteiger charge is -2.17. The third-order valence-corrected chi connectivity index (χ3v) is 3.37. The van der Waals surface area contributed by atoms with Crippen LogP contribution in [0.4, 0.5) is 5.69 Å². The first-order chi connectivity index (χ1) is 8.15. The van der Waals surface area contributed by atoms with Crippen LogP contribution >= 0.6 is 11.6 Å². The molecule has 0 bridgehead atoms. The molecule has 1 aromatic carbocycles. The fraction of sp³-hybridized carbons (Fsp3) is 0.462. The SMILES string of the molecule is CCCCCN1C(=O)C(N)c2cc(Cl)ccc21. The summed E-state index contributed by atoms with van der Waals surface area (Å²) in [5, 5.41) is 0.627. The highest BCUT2D eigenvalue weighted by Crippen LogP contribution is 2.36. The van der Waals surface area contributed by atoms with Crippen molar-refractivity contribution < 1.29 is 4.79 Å². The van der Waals surface area contributed by atoms with E-state index in [1.807, 2.05) is 6.07 Å². The first-order valence-electron chi connectivity index (χ1n) is 6.01. The highest BCUT2D eigenvalue weighted by Gasteiger charge is 2.34. The van der Waals surface area contributed by atoms with Gasteiger partial charge in [-0.05, 0) is 24.6 Å². The molecule has 1 aliphatic rings. The van der Waals surface area contributed by atoms with E-state index in [-0.39, 0.29) is 5.91 Å². The van der Waals surface area contributed by atoms with E-state index in [0.717, 1.165) is 37.1 Å². The van der Waals surface area contributed by atoms with Gasteiger partial charge in [0.2, 0.25) is 5.91 Å². The molecule has 1 aliphatic heterocycles. The minimum atomic E-state index is -0.551. The predicted octanol–water partition coefficient (Wildman–Crippen LogP) is 2.88. The Morgan fingerprint density at radius 3 is 2.88 bits per heavy atom. The summed E-state index contributed by atoms with van der Waals surface area (Å²) in [6, 6.07) is 4.93. The molecule has 2 N–H and O–H groups in total. The topological polar surface area (TPSA) is 46.3 Å². The van der Waals surface area contributed by atoms with Crippen molar-refractivity contribution in [3.8, 4) is 0 Å². The number of nitrogens with two attached hydrogens (primary N) is 1. The molecule has 1 atom stereocenters. The molecule has 1 unspecified atom stereocenters. The second-order valence-electron chi connectivity index (χ2n) is 4.38. The number of unbranched alkanes of at least 4 members (excludes halogenated alkanes) is 2. The first-order valence-corrected chi connectivity index (χ1v) is 6.39. The van der Waals surface area contributed by atoms with Gasteiger partial charge in [-0.15, -0.1) is 0 Å². The standard InChI is InChI=1S/C13H17ClN2O/c1-2-3-4-7-16-11-6-5-9(14)8-10(11)12(15)13(16)17/h5-6,8,12H,2-4,7,15H2,1H3. The van der Waals surface area contributed by atoms with Gasteiger partial charge in [0, 0.05) is 22.8 Å². The maximum absolute atomic E-state index is 12.0. The summed E-state index contributed by atoms with van der Waals surface area (Å²) >= 11 is 5.93. The molecule has 1 amide bonds. The largest absolute Gasteiger partial charge is 0.316 e. The van der Waals surface area contributed by atoms with Crippen LogP contribution < -0.4 is 10.6 Å². The van der Waals surface area contributed by atoms with Crippen molar-refractivity contribution in [1.29, 1.82) is 0 Å². The van der Waals surface area contributed by atoms with Crippen LogP contribution in [-0.2, 0) is 4.79 Å². The molecule has 0 saturated heterocycles. The highest BCUT2D eigenvalue weighted by atomic mass is 35.5. The highest BCUT2D eigenvalue weighted by molar-refractivity contribution is 6.31. The average Bonchev–Trinajstić information content (AvgIpc) is 2.54. The molecular formula is C13H17ClN2O. The average molecular weight is 253 g/mol. The van der Waals surface area contributed by atoms with Crippen LogP contribution in [0.3, 0.4) is 0 Å². The van der Waals surface area contributed by atoms with Crippen LogP contribution in [0.15, 0.2) is 18.2 Å². The van der Waals surface area contributed by atoms with Gasteiger partial charge in [-0.25, -0.2) is 0 Å². The van der Waals surface area contributed by atoms with Crippen molar-refractivity contribution in [2.75, 3.05) is 11.4 Å². The number of carbonyl (C=O) groups is 1. The van der Waals surface area contributed by atoms with E-state index in [9.17, 15) is 4.79 Å². The predicted molar refractivity (Wildman–Crippen MR) is 70.3 cm³/mol. The Balaban J connectivity index is 2.22. The van der Waals surface area contributed by atoms with Crippen molar-refractivity contribution in [3.63, 3.8) is 0 Å². The quantitative estimate of drug-likeness (QED) is 0.838. The lowest BCUT2D eigenvalue weighted by molar-refractivity contribution is -0.119. The lowest BCUT2D eigenvalue weighted by Crippen LogP contribution is -2.32. The molecule has 2 rings (SSSR count). The van der Waals surface area contributed by atoms with Crippen molar-refractivity contribution >= 4 is 23.2 Å². The van der Waals surface area contributed by atoms with E-state index in [1.165, 1.54) is 0 Å². The number of amides is 1. The number of fused-ring (bicyclic) bond motifs is 1. The fourth-order valence-corrected chi connectivity index (χ4v) is 2.37. The van der Waals surface area contributed by atoms with Crippen LogP contribution in [0.2, 0.25) is 5.02 Å². The summed E-state index contributed by atoms with van der Waals surface area (Å²) in [6.07, 6.45) is 3.28. The molecule has 1 aromatic rings. The first kappa shape index (κ1) is 12.4. The lowest BCUT2D eigenvalue weighted by atomic mass is 10.1. The van der Waals surface area contributed by atoms with E-state index in [0.29, 0.717) is 5.02 Å². The van der Waals surface area contributed by atoms with Gasteiger partial charge >= 0.3 is 0 Å². The van der Waals surface area contributed by atoms with Gasteiger partial charge in [-0.1, -0.05) is 31.4 Å². The summed E-state index contributed by atoms with van der Waals surface area (Å²) in [5.41, 5.74) is 7.67. The van der Waals surface area contributed by atoms with Crippen molar-refractivity contribution in [2.24, 2.45) is 5.73 Å². The molecule has 4 heteroatoms. The van der Waals surface area contributed by atoms with E-state index in [1.54, 1.807) is 17.0 Å². The van der Waals surface area contributed by atoms with Gasteiger partial charge in [0.05, 0.1) is 0 Å². The van der Waals surface area contributed by atoms with Crippen molar-refractivity contribution in [2.45, 2.75) is 32.2 Å². The Hall–Kier alpha value is -1.06. The molecular weight excluding hydrogens is 236 g/mol. The Morgan fingerprint density at radius 2 is 2.18 bits per heavy atom. The number of hydrogen-bond donors (Lipinski definition) is 1. The molecule has 3 nitrogen and oxygen atoms in total. The Labute approximate surface area is 107 Å². The van der Waals surface area contributed by atoms with Gasteiger partial charge in [-0.2, -0.15) is 0 Å². The normalized spacial score (nSPS) is 18.6. The molecule has 0 radical (unpaired) electrons. The number of anilines is 1. The van der Waals surface area contributed by atoms with E-state index >= 15 is 0 Å². The number of benzene rings is 1. The zero-order chi connectivity index (χ0) is 12.4. The zero-order valence-corrected chi connectivity index (χ0v) is 10.7. The molecule has 17 heavy (non-hydrogen) atoms. The number of halogens is 1. The monoisotopic (exact) mass is 252 g/mol. The van der Waals surface area contributed by atoms with Crippen LogP contribution in [-0.4, -0.2) is 12.5 Å². The summed E-state index contributed by atoms with van der Waals surface area (Å²) in [5.74, 6) is -0.0154. The molecule has 92 valence electrons. The van der Waals surface area contributed by atoms with Crippen LogP contribution in [0.1, 0.15) is 37.8 Å². The van der Waals surface area contributed by atoms with Gasteiger partial charge in [0.25, 0.3) is 0 Å². The third kappa shape index (κ3) is 2.31. The number of nitrogens with zero attached hydrogens (tertiary/aromatic N) is 1. The molecule has 0 aliphatic carbocycles. The van der Waals surface area contributed by atoms with Crippen LogP contribution in [0.25, 0.3) is 0 Å². The summed E-state index contributed by atoms with van der Waals surface area (Å²) in [4.78, 5) is 13.8. The Bertz CT molecular complexity index is 433. The number of hydrogen-bond acceptors (Lipinski definition) is 2. The second kappa shape index (κ2) is 5.07. The minimum Gasteiger partial charge on any atom is -0.316 e. The van der Waals surface area contributed by atoms with E-state index < -0.39 is 6.04 Å². The Kier molecular flexibility index (Phi) is 3.69. The van der Waals surface area contributed by atoms with Crippen molar-refractivity contribution in [1.82, 2.24) is 0 Å². The maximum atomic E-state index is 12.0. The summed E-state index contributed by atoms with van der Waals surface area (Å²) in [7, 11) is 0. The molecule has 0 spiro atoms. The van der Waals surface area contributed by atoms with Gasteiger partial charge in [0.15, 0.2) is 0 Å². The minimum absolute atomic E-state index is 0.0154. The fourth-order valence-electron chi connectivity index (χ4n) is 2.19. The number of rotatable bonds is 4. The van der Waals surface area contributed by atoms with Crippen LogP contribution in [0, 0.1) is 0 Å². The summed E-state index contributed by atoms with van der Waals surface area (Å²) < 4.78 is 0. The van der Waals surface area contributed by atoms with Crippen LogP contribution in [0.5, 0.6) is 0 Å². The number of carbonyl (C=O) groups excluding carboxylic acids is 1. The van der Waals surface area contributed by atoms with Gasteiger partial charge in [-0.3, -0.25) is 4.79 Å². The third-order valence-electron chi connectivity index (χ3n) is 3.13.